The van der Waals surface area contributed by atoms with Crippen molar-refractivity contribution in [3.63, 3.8) is 0 Å². The van der Waals surface area contributed by atoms with Gasteiger partial charge >= 0.3 is 5.97 Å². The van der Waals surface area contributed by atoms with E-state index in [1.165, 1.54) is 12.1 Å². The number of carboxylic acids is 1. The van der Waals surface area contributed by atoms with Gasteiger partial charge in [0.15, 0.2) is 15.6 Å². The fraction of sp³-hybridized carbons (Fsp3) is 0.103. The van der Waals surface area contributed by atoms with Gasteiger partial charge < -0.3 is 9.52 Å². The van der Waals surface area contributed by atoms with Gasteiger partial charge in [-0.15, -0.1) is 0 Å². The number of nitrogens with zero attached hydrogens (tertiary/aromatic N) is 1. The van der Waals surface area contributed by atoms with Crippen molar-refractivity contribution in [3.8, 4) is 22.8 Å². The fourth-order valence-corrected chi connectivity index (χ4v) is 5.70. The zero-order chi connectivity index (χ0) is 25.1. The maximum Gasteiger partial charge on any atom is 0.307 e. The van der Waals surface area contributed by atoms with Crippen LogP contribution >= 0.6 is 0 Å². The van der Waals surface area contributed by atoms with Crippen LogP contribution in [0.1, 0.15) is 5.56 Å². The molecular weight excluding hydrogens is 474 g/mol. The Bertz CT molecular complexity index is 1620. The summed E-state index contributed by atoms with van der Waals surface area (Å²) in [5.74, 6) is -1.69. The van der Waals surface area contributed by atoms with Gasteiger partial charge in [-0.2, -0.15) is 0 Å². The van der Waals surface area contributed by atoms with Crippen molar-refractivity contribution in [2.45, 2.75) is 11.3 Å². The molecule has 1 heterocycles. The fourth-order valence-electron chi connectivity index (χ4n) is 4.17. The molecule has 0 unspecified atom stereocenters. The van der Waals surface area contributed by atoms with Crippen molar-refractivity contribution in [1.29, 1.82) is 0 Å². The molecule has 0 radical (unpaired) electrons. The third-order valence-electron chi connectivity index (χ3n) is 6.09. The Morgan fingerprint density at radius 3 is 2.22 bits per heavy atom. The first-order chi connectivity index (χ1) is 17.4. The van der Waals surface area contributed by atoms with E-state index in [0.29, 0.717) is 17.2 Å². The minimum absolute atomic E-state index is 0.0619. The van der Waals surface area contributed by atoms with Gasteiger partial charge in [0.2, 0.25) is 5.89 Å². The van der Waals surface area contributed by atoms with E-state index in [-0.39, 0.29) is 11.3 Å². The van der Waals surface area contributed by atoms with Crippen LogP contribution in [0.4, 0.5) is 0 Å². The van der Waals surface area contributed by atoms with Crippen molar-refractivity contribution >= 4 is 26.6 Å². The minimum atomic E-state index is -3.81. The summed E-state index contributed by atoms with van der Waals surface area (Å²) in [6, 6.07) is 29.3. The van der Waals surface area contributed by atoms with Crippen LogP contribution in [0.25, 0.3) is 33.6 Å². The maximum absolute atomic E-state index is 13.0. The van der Waals surface area contributed by atoms with E-state index in [2.05, 4.69) is 4.98 Å². The molecule has 0 fully saturated rings. The van der Waals surface area contributed by atoms with E-state index in [9.17, 15) is 18.3 Å². The second kappa shape index (κ2) is 9.79. The Morgan fingerprint density at radius 2 is 1.50 bits per heavy atom. The molecule has 7 heteroatoms. The highest BCUT2D eigenvalue weighted by atomic mass is 32.2. The molecule has 0 aliphatic carbocycles. The van der Waals surface area contributed by atoms with Gasteiger partial charge in [0.1, 0.15) is 0 Å². The lowest BCUT2D eigenvalue weighted by Crippen LogP contribution is -2.26. The normalized spacial score (nSPS) is 12.4. The molecule has 5 rings (SSSR count). The van der Waals surface area contributed by atoms with Gasteiger partial charge in [-0.05, 0) is 53.1 Å². The third kappa shape index (κ3) is 5.06. The Balaban J connectivity index is 1.34. The van der Waals surface area contributed by atoms with Crippen LogP contribution < -0.4 is 0 Å². The van der Waals surface area contributed by atoms with E-state index < -0.39 is 27.5 Å². The van der Waals surface area contributed by atoms with Gasteiger partial charge in [0.25, 0.3) is 0 Å². The average Bonchev–Trinajstić information content (AvgIpc) is 3.39. The minimum Gasteiger partial charge on any atom is -0.481 e. The molecule has 0 bridgehead atoms. The van der Waals surface area contributed by atoms with Crippen LogP contribution in [0.2, 0.25) is 0 Å². The molecule has 0 amide bonds. The smallest absolute Gasteiger partial charge is 0.307 e. The number of hydrogen-bond donors (Lipinski definition) is 1. The number of hydrogen-bond acceptors (Lipinski definition) is 5. The highest BCUT2D eigenvalue weighted by Gasteiger charge is 2.27. The molecule has 1 atom stereocenters. The molecule has 36 heavy (non-hydrogen) atoms. The predicted molar refractivity (Wildman–Crippen MR) is 138 cm³/mol. The Hall–Kier alpha value is -4.23. The average molecular weight is 498 g/mol. The second-order valence-corrected chi connectivity index (χ2v) is 10.7. The molecule has 0 aliphatic rings. The number of oxazole rings is 1. The van der Waals surface area contributed by atoms with Crippen LogP contribution in [0.5, 0.6) is 0 Å². The van der Waals surface area contributed by atoms with Crippen molar-refractivity contribution in [3.05, 3.63) is 109 Å². The van der Waals surface area contributed by atoms with E-state index >= 15 is 0 Å². The number of rotatable bonds is 8. The summed E-state index contributed by atoms with van der Waals surface area (Å²) in [4.78, 5) is 16.2. The quantitative estimate of drug-likeness (QED) is 0.288. The lowest BCUT2D eigenvalue weighted by atomic mass is 10.0. The molecule has 180 valence electrons. The Morgan fingerprint density at radius 1 is 0.833 bits per heavy atom. The van der Waals surface area contributed by atoms with Crippen LogP contribution in [-0.2, 0) is 21.1 Å². The standard InChI is InChI=1S/C29H23NO5S/c31-29(32)25(16-20-6-2-1-3-7-20)19-36(33,34)26-14-12-22(13-15-26)28-30-18-27(35-28)24-11-10-21-8-4-5-9-23(21)17-24/h1-15,17-18,25H,16,19H2,(H,31,32)/t25-/m0/s1. The molecule has 0 saturated carbocycles. The number of benzene rings is 4. The van der Waals surface area contributed by atoms with Crippen LogP contribution in [0.3, 0.4) is 0 Å². The molecule has 5 aromatic rings. The first-order valence-corrected chi connectivity index (χ1v) is 13.1. The third-order valence-corrected chi connectivity index (χ3v) is 7.93. The zero-order valence-electron chi connectivity index (χ0n) is 19.2. The molecule has 1 N–H and O–H groups in total. The second-order valence-electron chi connectivity index (χ2n) is 8.62. The first-order valence-electron chi connectivity index (χ1n) is 11.4. The van der Waals surface area contributed by atoms with Crippen LogP contribution in [0, 0.1) is 5.92 Å². The SMILES string of the molecule is O=C(O)[C@@H](Cc1ccccc1)CS(=O)(=O)c1ccc(-c2ncc(-c3ccc4ccccc4c3)o2)cc1. The molecule has 4 aromatic carbocycles. The number of sulfone groups is 1. The monoisotopic (exact) mass is 497 g/mol. The molecular formula is C29H23NO5S. The topological polar surface area (TPSA) is 97.5 Å². The highest BCUT2D eigenvalue weighted by molar-refractivity contribution is 7.91. The lowest BCUT2D eigenvalue weighted by Gasteiger charge is -2.13. The Labute approximate surface area is 208 Å². The van der Waals surface area contributed by atoms with E-state index in [4.69, 9.17) is 4.42 Å². The highest BCUT2D eigenvalue weighted by Crippen LogP contribution is 2.29. The van der Waals surface area contributed by atoms with Crippen molar-refractivity contribution in [1.82, 2.24) is 4.98 Å². The van der Waals surface area contributed by atoms with E-state index in [1.54, 1.807) is 42.6 Å². The Kier molecular flexibility index (Phi) is 6.40. The summed E-state index contributed by atoms with van der Waals surface area (Å²) in [5, 5.41) is 11.8. The largest absolute Gasteiger partial charge is 0.481 e. The predicted octanol–water partition coefficient (Wildman–Crippen LogP) is 5.88. The summed E-state index contributed by atoms with van der Waals surface area (Å²) < 4.78 is 31.9. The number of fused-ring (bicyclic) bond motifs is 1. The van der Waals surface area contributed by atoms with Crippen molar-refractivity contribution < 1.29 is 22.7 Å². The number of carbonyl (C=O) groups is 1. The van der Waals surface area contributed by atoms with Gasteiger partial charge in [0.05, 0.1) is 22.8 Å². The van der Waals surface area contributed by atoms with Crippen LogP contribution in [-0.4, -0.2) is 30.2 Å². The van der Waals surface area contributed by atoms with Gasteiger partial charge in [-0.1, -0.05) is 66.7 Å². The zero-order valence-corrected chi connectivity index (χ0v) is 20.1. The molecule has 1 aromatic heterocycles. The van der Waals surface area contributed by atoms with Crippen molar-refractivity contribution in [2.75, 3.05) is 5.75 Å². The van der Waals surface area contributed by atoms with Gasteiger partial charge in [0, 0.05) is 11.1 Å². The maximum atomic E-state index is 13.0. The molecule has 6 nitrogen and oxygen atoms in total. The lowest BCUT2D eigenvalue weighted by molar-refractivity contribution is -0.140. The summed E-state index contributed by atoms with van der Waals surface area (Å²) in [6.45, 7) is 0. The number of carboxylic acid groups (broad SMARTS) is 1. The summed E-state index contributed by atoms with van der Waals surface area (Å²) >= 11 is 0. The molecule has 0 saturated heterocycles. The summed E-state index contributed by atoms with van der Waals surface area (Å²) in [6.07, 6.45) is 1.78. The van der Waals surface area contributed by atoms with Gasteiger partial charge in [-0.3, -0.25) is 4.79 Å². The summed E-state index contributed by atoms with van der Waals surface area (Å²) in [5.41, 5.74) is 2.30. The number of aliphatic carboxylic acids is 1. The van der Waals surface area contributed by atoms with E-state index in [0.717, 1.165) is 21.9 Å². The number of aromatic nitrogens is 1. The van der Waals surface area contributed by atoms with Gasteiger partial charge in [-0.25, -0.2) is 13.4 Å². The van der Waals surface area contributed by atoms with Crippen molar-refractivity contribution in [2.24, 2.45) is 5.92 Å². The first kappa shape index (κ1) is 23.5. The summed E-state index contributed by atoms with van der Waals surface area (Å²) in [7, 11) is -3.81. The molecule has 0 spiro atoms. The molecule has 0 aliphatic heterocycles. The van der Waals surface area contributed by atoms with E-state index in [1.807, 2.05) is 48.5 Å². The van der Waals surface area contributed by atoms with Crippen LogP contribution in [0.15, 0.2) is 113 Å².